The van der Waals surface area contributed by atoms with Crippen LogP contribution in [0.2, 0.25) is 5.02 Å². The smallest absolute Gasteiger partial charge is 0.156 e. The van der Waals surface area contributed by atoms with E-state index < -0.39 is 0 Å². The van der Waals surface area contributed by atoms with Gasteiger partial charge in [-0.05, 0) is 29.8 Å². The number of thioether (sulfide) groups is 1. The summed E-state index contributed by atoms with van der Waals surface area (Å²) in [6.45, 7) is 0. The number of pyridine rings is 2. The molecule has 0 spiro atoms. The van der Waals surface area contributed by atoms with E-state index in [0.717, 1.165) is 33.3 Å². The maximum atomic E-state index is 6.58. The fourth-order valence-electron chi connectivity index (χ4n) is 3.46. The van der Waals surface area contributed by atoms with Crippen LogP contribution in [0.5, 0.6) is 0 Å². The molecule has 0 aliphatic rings. The Balaban J connectivity index is 1.65. The molecule has 32 heavy (non-hydrogen) atoms. The second-order valence-electron chi connectivity index (χ2n) is 7.16. The lowest BCUT2D eigenvalue weighted by Crippen LogP contribution is -2.02. The molecule has 2 N–H and O–H groups in total. The molecule has 7 heteroatoms. The van der Waals surface area contributed by atoms with E-state index in [9.17, 15) is 0 Å². The molecule has 5 rings (SSSR count). The number of nitrogen functional groups attached to an aromatic ring is 1. The summed E-state index contributed by atoms with van der Waals surface area (Å²) in [4.78, 5) is 18.3. The van der Waals surface area contributed by atoms with Gasteiger partial charge in [0.25, 0.3) is 0 Å². The van der Waals surface area contributed by atoms with Crippen LogP contribution in [-0.4, -0.2) is 19.9 Å². The molecular weight excluding hydrogens is 438 g/mol. The van der Waals surface area contributed by atoms with Gasteiger partial charge in [0.05, 0.1) is 21.9 Å². The Labute approximate surface area is 194 Å². The molecule has 3 heterocycles. The summed E-state index contributed by atoms with van der Waals surface area (Å²) in [7, 11) is 0. The van der Waals surface area contributed by atoms with Gasteiger partial charge in [0.15, 0.2) is 5.82 Å². The van der Waals surface area contributed by atoms with E-state index in [4.69, 9.17) is 27.3 Å². The van der Waals surface area contributed by atoms with Gasteiger partial charge < -0.3 is 5.73 Å². The van der Waals surface area contributed by atoms with E-state index in [1.54, 1.807) is 12.4 Å². The number of nitrogens with two attached hydrogens (primary N) is 1. The van der Waals surface area contributed by atoms with Crippen LogP contribution in [0.4, 0.5) is 5.82 Å². The Hall–Kier alpha value is -3.48. The Morgan fingerprint density at radius 1 is 0.844 bits per heavy atom. The summed E-state index contributed by atoms with van der Waals surface area (Å²) in [6, 6.07) is 21.7. The SMILES string of the molecule is Nc1nc(-c2ccccc2)c(-c2cc(Cl)c3ncccc3c2)nc1SCc1cccnc1. The Morgan fingerprint density at radius 2 is 1.66 bits per heavy atom. The van der Waals surface area contributed by atoms with Gasteiger partial charge in [-0.3, -0.25) is 9.97 Å². The first kappa shape index (κ1) is 20.4. The van der Waals surface area contributed by atoms with E-state index in [1.807, 2.05) is 72.9 Å². The minimum atomic E-state index is 0.398. The van der Waals surface area contributed by atoms with Gasteiger partial charge in [-0.1, -0.05) is 65.8 Å². The molecule has 0 bridgehead atoms. The topological polar surface area (TPSA) is 77.6 Å². The monoisotopic (exact) mass is 455 g/mol. The average molecular weight is 456 g/mol. The molecule has 156 valence electrons. The van der Waals surface area contributed by atoms with Crippen molar-refractivity contribution >= 4 is 40.1 Å². The van der Waals surface area contributed by atoms with Crippen LogP contribution < -0.4 is 5.73 Å². The van der Waals surface area contributed by atoms with Gasteiger partial charge in [0, 0.05) is 40.9 Å². The van der Waals surface area contributed by atoms with Crippen molar-refractivity contribution in [2.45, 2.75) is 10.8 Å². The second kappa shape index (κ2) is 8.94. The van der Waals surface area contributed by atoms with Crippen molar-refractivity contribution in [1.29, 1.82) is 0 Å². The van der Waals surface area contributed by atoms with Crippen molar-refractivity contribution in [3.63, 3.8) is 0 Å². The molecule has 0 radical (unpaired) electrons. The predicted molar refractivity (Wildman–Crippen MR) is 131 cm³/mol. The molecule has 0 amide bonds. The minimum Gasteiger partial charge on any atom is -0.381 e. The van der Waals surface area contributed by atoms with Crippen LogP contribution in [0.1, 0.15) is 5.56 Å². The third-order valence-electron chi connectivity index (χ3n) is 4.97. The van der Waals surface area contributed by atoms with Gasteiger partial charge in [-0.25, -0.2) is 9.97 Å². The quantitative estimate of drug-likeness (QED) is 0.314. The fraction of sp³-hybridized carbons (Fsp3) is 0.0400. The van der Waals surface area contributed by atoms with Crippen molar-refractivity contribution in [2.24, 2.45) is 0 Å². The number of hydrogen-bond donors (Lipinski definition) is 1. The van der Waals surface area contributed by atoms with Crippen molar-refractivity contribution in [3.8, 4) is 22.5 Å². The molecule has 0 fully saturated rings. The number of anilines is 1. The molecule has 3 aromatic heterocycles. The van der Waals surface area contributed by atoms with E-state index >= 15 is 0 Å². The molecule has 5 nitrogen and oxygen atoms in total. The fourth-order valence-corrected chi connectivity index (χ4v) is 4.56. The van der Waals surface area contributed by atoms with Crippen molar-refractivity contribution in [2.75, 3.05) is 5.73 Å². The molecule has 0 saturated heterocycles. The number of benzene rings is 2. The predicted octanol–water partition coefficient (Wildman–Crippen LogP) is 6.28. The molecule has 2 aromatic carbocycles. The zero-order valence-corrected chi connectivity index (χ0v) is 18.5. The first-order valence-electron chi connectivity index (χ1n) is 9.98. The van der Waals surface area contributed by atoms with Crippen LogP contribution in [0.15, 0.2) is 90.3 Å². The highest BCUT2D eigenvalue weighted by atomic mass is 35.5. The van der Waals surface area contributed by atoms with Crippen LogP contribution in [-0.2, 0) is 5.75 Å². The zero-order valence-electron chi connectivity index (χ0n) is 16.9. The lowest BCUT2D eigenvalue weighted by Gasteiger charge is -2.14. The summed E-state index contributed by atoms with van der Waals surface area (Å²) in [6.07, 6.45) is 5.33. The molecule has 0 saturated carbocycles. The number of aromatic nitrogens is 4. The maximum Gasteiger partial charge on any atom is 0.156 e. The third kappa shape index (κ3) is 4.15. The largest absolute Gasteiger partial charge is 0.381 e. The molecule has 0 aliphatic heterocycles. The highest BCUT2D eigenvalue weighted by Crippen LogP contribution is 2.37. The van der Waals surface area contributed by atoms with Crippen LogP contribution in [0, 0.1) is 0 Å². The summed E-state index contributed by atoms with van der Waals surface area (Å²) in [5.41, 5.74) is 11.4. The summed E-state index contributed by atoms with van der Waals surface area (Å²) >= 11 is 8.11. The van der Waals surface area contributed by atoms with Crippen molar-refractivity contribution in [3.05, 3.63) is 95.9 Å². The maximum absolute atomic E-state index is 6.58. The molecular formula is C25H18ClN5S. The summed E-state index contributed by atoms with van der Waals surface area (Å²) < 4.78 is 0. The van der Waals surface area contributed by atoms with Crippen LogP contribution in [0.25, 0.3) is 33.4 Å². The van der Waals surface area contributed by atoms with Crippen LogP contribution >= 0.6 is 23.4 Å². The Kier molecular flexibility index (Phi) is 5.71. The first-order valence-corrected chi connectivity index (χ1v) is 11.3. The van der Waals surface area contributed by atoms with Gasteiger partial charge in [0.1, 0.15) is 5.03 Å². The number of fused-ring (bicyclic) bond motifs is 1. The first-order chi connectivity index (χ1) is 15.7. The zero-order chi connectivity index (χ0) is 21.9. The van der Waals surface area contributed by atoms with E-state index in [1.165, 1.54) is 11.8 Å². The molecule has 0 aliphatic carbocycles. The number of hydrogen-bond acceptors (Lipinski definition) is 6. The standard InChI is InChI=1S/C25H18ClN5S/c26-20-13-19(12-18-9-5-11-29-21(18)20)23-22(17-7-2-1-3-8-17)30-24(27)25(31-23)32-15-16-6-4-10-28-14-16/h1-14H,15H2,(H2,27,30). The lowest BCUT2D eigenvalue weighted by molar-refractivity contribution is 1.08. The summed E-state index contributed by atoms with van der Waals surface area (Å²) in [5, 5.41) is 2.18. The highest BCUT2D eigenvalue weighted by molar-refractivity contribution is 7.98. The van der Waals surface area contributed by atoms with Crippen molar-refractivity contribution < 1.29 is 0 Å². The third-order valence-corrected chi connectivity index (χ3v) is 6.31. The Morgan fingerprint density at radius 3 is 2.47 bits per heavy atom. The van der Waals surface area contributed by atoms with Gasteiger partial charge in [0.2, 0.25) is 0 Å². The normalized spacial score (nSPS) is 11.0. The number of halogens is 1. The van der Waals surface area contributed by atoms with E-state index in [0.29, 0.717) is 27.3 Å². The molecule has 0 unspecified atom stereocenters. The number of rotatable bonds is 5. The summed E-state index contributed by atoms with van der Waals surface area (Å²) in [5.74, 6) is 1.09. The van der Waals surface area contributed by atoms with Gasteiger partial charge >= 0.3 is 0 Å². The van der Waals surface area contributed by atoms with E-state index in [-0.39, 0.29) is 0 Å². The second-order valence-corrected chi connectivity index (χ2v) is 8.53. The van der Waals surface area contributed by atoms with Gasteiger partial charge in [-0.2, -0.15) is 0 Å². The highest BCUT2D eigenvalue weighted by Gasteiger charge is 2.17. The average Bonchev–Trinajstić information content (AvgIpc) is 2.84. The van der Waals surface area contributed by atoms with Gasteiger partial charge in [-0.15, -0.1) is 0 Å². The number of nitrogens with zero attached hydrogens (tertiary/aromatic N) is 4. The van der Waals surface area contributed by atoms with E-state index in [2.05, 4.69) is 9.97 Å². The lowest BCUT2D eigenvalue weighted by atomic mass is 10.0. The van der Waals surface area contributed by atoms with Crippen LogP contribution in [0.3, 0.4) is 0 Å². The minimum absolute atomic E-state index is 0.398. The molecule has 0 atom stereocenters. The Bertz CT molecular complexity index is 1390. The van der Waals surface area contributed by atoms with Crippen molar-refractivity contribution in [1.82, 2.24) is 19.9 Å². The molecule has 5 aromatic rings.